The third kappa shape index (κ3) is 3.65. The number of ketones is 1. The monoisotopic (exact) mass is 365 g/mol. The molecule has 1 aliphatic rings. The van der Waals surface area contributed by atoms with E-state index in [4.69, 9.17) is 4.74 Å². The summed E-state index contributed by atoms with van der Waals surface area (Å²) in [5.41, 5.74) is 1.65. The van der Waals surface area contributed by atoms with E-state index < -0.39 is 0 Å². The van der Waals surface area contributed by atoms with Gasteiger partial charge in [-0.3, -0.25) is 4.79 Å². The van der Waals surface area contributed by atoms with Crippen LogP contribution < -0.4 is 4.74 Å². The quantitative estimate of drug-likeness (QED) is 0.465. The van der Waals surface area contributed by atoms with Crippen molar-refractivity contribution in [2.24, 2.45) is 0 Å². The summed E-state index contributed by atoms with van der Waals surface area (Å²) in [6.07, 6.45) is 2.30. The summed E-state index contributed by atoms with van der Waals surface area (Å²) < 4.78 is 7.09. The van der Waals surface area contributed by atoms with Gasteiger partial charge in [-0.05, 0) is 37.1 Å². The fourth-order valence-corrected chi connectivity index (χ4v) is 3.46. The highest BCUT2D eigenvalue weighted by atomic mass is 32.2. The van der Waals surface area contributed by atoms with Crippen LogP contribution >= 0.6 is 11.8 Å². The molecular formula is C20H19N3O2S. The molecular weight excluding hydrogens is 346 g/mol. The van der Waals surface area contributed by atoms with E-state index in [0.29, 0.717) is 28.1 Å². The van der Waals surface area contributed by atoms with Gasteiger partial charge in [0, 0.05) is 11.5 Å². The minimum atomic E-state index is 0.0398. The van der Waals surface area contributed by atoms with Gasteiger partial charge >= 0.3 is 0 Å². The van der Waals surface area contributed by atoms with E-state index in [2.05, 4.69) is 10.1 Å². The van der Waals surface area contributed by atoms with Crippen LogP contribution in [0, 0.1) is 0 Å². The van der Waals surface area contributed by atoms with Crippen LogP contribution in [0.5, 0.6) is 5.75 Å². The van der Waals surface area contributed by atoms with Crippen molar-refractivity contribution in [2.45, 2.75) is 23.9 Å². The van der Waals surface area contributed by atoms with Gasteiger partial charge in [0.1, 0.15) is 11.6 Å². The molecule has 0 aliphatic heterocycles. The minimum Gasteiger partial charge on any atom is -0.497 e. The number of thioether (sulfide) groups is 1. The molecule has 2 aromatic carbocycles. The third-order valence-electron chi connectivity index (χ3n) is 4.28. The first kappa shape index (κ1) is 16.8. The molecule has 4 rings (SSSR count). The summed E-state index contributed by atoms with van der Waals surface area (Å²) in [7, 11) is 1.60. The van der Waals surface area contributed by atoms with E-state index in [1.807, 2.05) is 47.1 Å². The van der Waals surface area contributed by atoms with Crippen LogP contribution in [0.25, 0.3) is 5.69 Å². The van der Waals surface area contributed by atoms with Crippen molar-refractivity contribution in [1.82, 2.24) is 14.8 Å². The van der Waals surface area contributed by atoms with Gasteiger partial charge in [0.15, 0.2) is 5.78 Å². The molecule has 0 saturated heterocycles. The first-order valence-corrected chi connectivity index (χ1v) is 9.55. The topological polar surface area (TPSA) is 57.0 Å². The van der Waals surface area contributed by atoms with Crippen LogP contribution in [0.15, 0.2) is 59.8 Å². The molecule has 1 aromatic heterocycles. The van der Waals surface area contributed by atoms with Crippen LogP contribution in [0.3, 0.4) is 0 Å². The zero-order valence-corrected chi connectivity index (χ0v) is 15.3. The van der Waals surface area contributed by atoms with Gasteiger partial charge in [0.25, 0.3) is 0 Å². The fraction of sp³-hybridized carbons (Fsp3) is 0.250. The Bertz CT molecular complexity index is 920. The Morgan fingerprint density at radius 3 is 2.73 bits per heavy atom. The number of rotatable bonds is 7. The second-order valence-corrected chi connectivity index (χ2v) is 7.16. The predicted octanol–water partition coefficient (Wildman–Crippen LogP) is 4.13. The first-order chi connectivity index (χ1) is 12.7. The highest BCUT2D eigenvalue weighted by molar-refractivity contribution is 7.99. The van der Waals surface area contributed by atoms with Crippen molar-refractivity contribution in [2.75, 3.05) is 12.9 Å². The summed E-state index contributed by atoms with van der Waals surface area (Å²) in [4.78, 5) is 17.1. The largest absolute Gasteiger partial charge is 0.497 e. The lowest BCUT2D eigenvalue weighted by Gasteiger charge is -2.03. The molecule has 3 aromatic rings. The number of methoxy groups -OCH3 is 1. The second-order valence-electron chi connectivity index (χ2n) is 6.22. The number of hydrogen-bond acceptors (Lipinski definition) is 5. The molecule has 6 heteroatoms. The van der Waals surface area contributed by atoms with Gasteiger partial charge < -0.3 is 4.74 Å². The molecule has 0 spiro atoms. The van der Waals surface area contributed by atoms with E-state index in [9.17, 15) is 4.79 Å². The number of carbonyl (C=O) groups excluding carboxylic acids is 1. The molecule has 1 fully saturated rings. The normalized spacial score (nSPS) is 13.6. The van der Waals surface area contributed by atoms with Gasteiger partial charge in [-0.25, -0.2) is 9.67 Å². The van der Waals surface area contributed by atoms with Gasteiger partial charge in [-0.2, -0.15) is 0 Å². The number of nitrogens with zero attached hydrogens (tertiary/aromatic N) is 3. The molecule has 0 N–H and O–H groups in total. The van der Waals surface area contributed by atoms with Crippen molar-refractivity contribution >= 4 is 17.5 Å². The Kier molecular flexibility index (Phi) is 4.75. The number of hydrogen-bond donors (Lipinski definition) is 0. The Morgan fingerprint density at radius 1 is 1.19 bits per heavy atom. The van der Waals surface area contributed by atoms with Crippen molar-refractivity contribution in [3.05, 3.63) is 66.0 Å². The van der Waals surface area contributed by atoms with Crippen LogP contribution in [0.1, 0.15) is 34.9 Å². The molecule has 1 aliphatic carbocycles. The molecule has 0 radical (unpaired) electrons. The first-order valence-electron chi connectivity index (χ1n) is 8.57. The molecule has 0 unspecified atom stereocenters. The van der Waals surface area contributed by atoms with E-state index in [1.165, 1.54) is 11.8 Å². The summed E-state index contributed by atoms with van der Waals surface area (Å²) in [5, 5.41) is 5.28. The lowest BCUT2D eigenvalue weighted by Crippen LogP contribution is -2.03. The van der Waals surface area contributed by atoms with Crippen LogP contribution in [0.4, 0.5) is 0 Å². The number of ether oxygens (including phenoxy) is 1. The highest BCUT2D eigenvalue weighted by Gasteiger charge is 2.30. The Morgan fingerprint density at radius 2 is 2.00 bits per heavy atom. The van der Waals surface area contributed by atoms with Gasteiger partial charge in [0.2, 0.25) is 5.16 Å². The van der Waals surface area contributed by atoms with Crippen molar-refractivity contribution < 1.29 is 9.53 Å². The lowest BCUT2D eigenvalue weighted by atomic mass is 10.1. The SMILES string of the molecule is COc1cccc(C(=O)CSc2nc(C3CC3)n(-c3ccccc3)n2)c1. The summed E-state index contributed by atoms with van der Waals surface area (Å²) >= 11 is 1.38. The molecule has 5 nitrogen and oxygen atoms in total. The molecule has 1 saturated carbocycles. The number of para-hydroxylation sites is 1. The maximum absolute atomic E-state index is 12.5. The van der Waals surface area contributed by atoms with Crippen LogP contribution in [0.2, 0.25) is 0 Å². The summed E-state index contributed by atoms with van der Waals surface area (Å²) in [6.45, 7) is 0. The van der Waals surface area contributed by atoms with E-state index in [0.717, 1.165) is 24.4 Å². The van der Waals surface area contributed by atoms with E-state index in [-0.39, 0.29) is 5.78 Å². The van der Waals surface area contributed by atoms with Crippen molar-refractivity contribution in [3.8, 4) is 11.4 Å². The van der Waals surface area contributed by atoms with Crippen LogP contribution in [-0.4, -0.2) is 33.4 Å². The zero-order chi connectivity index (χ0) is 17.9. The highest BCUT2D eigenvalue weighted by Crippen LogP contribution is 2.40. The van der Waals surface area contributed by atoms with Gasteiger partial charge in [-0.15, -0.1) is 5.10 Å². The maximum Gasteiger partial charge on any atom is 0.209 e. The molecule has 0 amide bonds. The molecule has 26 heavy (non-hydrogen) atoms. The summed E-state index contributed by atoms with van der Waals surface area (Å²) in [5.74, 6) is 2.50. The van der Waals surface area contributed by atoms with E-state index in [1.54, 1.807) is 19.2 Å². The smallest absolute Gasteiger partial charge is 0.209 e. The molecule has 1 heterocycles. The number of benzene rings is 2. The third-order valence-corrected chi connectivity index (χ3v) is 5.12. The number of aromatic nitrogens is 3. The lowest BCUT2D eigenvalue weighted by molar-refractivity contribution is 0.102. The second kappa shape index (κ2) is 7.33. The minimum absolute atomic E-state index is 0.0398. The Balaban J connectivity index is 1.51. The van der Waals surface area contributed by atoms with Gasteiger partial charge in [-0.1, -0.05) is 42.1 Å². The van der Waals surface area contributed by atoms with Crippen LogP contribution in [-0.2, 0) is 0 Å². The van der Waals surface area contributed by atoms with Crippen molar-refractivity contribution in [3.63, 3.8) is 0 Å². The average Bonchev–Trinajstić information content (AvgIpc) is 3.46. The number of carbonyl (C=O) groups is 1. The molecule has 0 atom stereocenters. The van der Waals surface area contributed by atoms with Gasteiger partial charge in [0.05, 0.1) is 18.6 Å². The van der Waals surface area contributed by atoms with E-state index >= 15 is 0 Å². The zero-order valence-electron chi connectivity index (χ0n) is 14.5. The van der Waals surface area contributed by atoms with Crippen molar-refractivity contribution in [1.29, 1.82) is 0 Å². The summed E-state index contributed by atoms with van der Waals surface area (Å²) in [6, 6.07) is 17.2. The fourth-order valence-electron chi connectivity index (χ4n) is 2.74. The Labute approximate surface area is 156 Å². The maximum atomic E-state index is 12.5. The predicted molar refractivity (Wildman–Crippen MR) is 101 cm³/mol. The standard InChI is InChI=1S/C20H19N3O2S/c1-25-17-9-5-6-15(12-17)18(24)13-26-20-21-19(14-10-11-14)23(22-20)16-7-3-2-4-8-16/h2-9,12,14H,10-11,13H2,1H3. The molecule has 0 bridgehead atoms. The average molecular weight is 365 g/mol. The molecule has 132 valence electrons. The Hall–Kier alpha value is -2.60. The number of Topliss-reactive ketones (excluding diaryl/α,β-unsaturated/α-hetero) is 1.